The minimum Gasteiger partial charge on any atom is -0.418 e. The SMILES string of the molecule is CC(C)C.CC(C)C.CC(C)C.F[B-](F)(F)F.F[B-](F)(F)F.F[B-](F)(F)F. The van der Waals surface area contributed by atoms with Crippen LogP contribution in [0.1, 0.15) is 62.3 Å². The van der Waals surface area contributed by atoms with Crippen molar-refractivity contribution in [3.05, 3.63) is 0 Å². The molecular weight excluding hydrogens is 405 g/mol. The minimum atomic E-state index is -6.00. The van der Waals surface area contributed by atoms with Crippen LogP contribution in [0.5, 0.6) is 0 Å². The molecule has 0 aliphatic heterocycles. The molecule has 15 heteroatoms. The highest BCUT2D eigenvalue weighted by atomic mass is 19.5. The Morgan fingerprint density at radius 1 is 0.296 bits per heavy atom. The number of rotatable bonds is 0. The van der Waals surface area contributed by atoms with Crippen LogP contribution >= 0.6 is 0 Å². The van der Waals surface area contributed by atoms with E-state index in [1.165, 1.54) is 0 Å². The summed E-state index contributed by atoms with van der Waals surface area (Å²) < 4.78 is 117. The fraction of sp³-hybridized carbons (Fsp3) is 1.00. The quantitative estimate of drug-likeness (QED) is 0.264. The highest BCUT2D eigenvalue weighted by Gasteiger charge is 2.21. The normalized spacial score (nSPS) is 10.7. The zero-order valence-electron chi connectivity index (χ0n) is 17.0. The lowest BCUT2D eigenvalue weighted by Gasteiger charge is -1.94. The molecule has 0 aliphatic carbocycles. The lowest BCUT2D eigenvalue weighted by molar-refractivity contribution is 0.366. The molecule has 0 fully saturated rings. The molecule has 0 bridgehead atoms. The van der Waals surface area contributed by atoms with E-state index in [0.29, 0.717) is 0 Å². The van der Waals surface area contributed by atoms with Crippen molar-refractivity contribution >= 4 is 21.8 Å². The van der Waals surface area contributed by atoms with Crippen LogP contribution in [0.4, 0.5) is 51.8 Å². The van der Waals surface area contributed by atoms with Crippen molar-refractivity contribution in [1.82, 2.24) is 0 Å². The molecule has 0 unspecified atom stereocenters. The summed E-state index contributed by atoms with van der Waals surface area (Å²) in [5, 5.41) is 0. The van der Waals surface area contributed by atoms with Gasteiger partial charge < -0.3 is 51.8 Å². The molecule has 0 saturated heterocycles. The molecule has 0 nitrogen and oxygen atoms in total. The van der Waals surface area contributed by atoms with E-state index in [1.54, 1.807) is 0 Å². The van der Waals surface area contributed by atoms with E-state index in [9.17, 15) is 51.8 Å². The van der Waals surface area contributed by atoms with Gasteiger partial charge in [0.1, 0.15) is 0 Å². The number of hydrogen-bond acceptors (Lipinski definition) is 0. The predicted molar refractivity (Wildman–Crippen MR) is 92.1 cm³/mol. The lowest BCUT2D eigenvalue weighted by atomic mass is 10.3. The van der Waals surface area contributed by atoms with Gasteiger partial charge in [0, 0.05) is 0 Å². The van der Waals surface area contributed by atoms with E-state index in [-0.39, 0.29) is 0 Å². The molecule has 0 rings (SSSR count). The van der Waals surface area contributed by atoms with Gasteiger partial charge in [0.2, 0.25) is 0 Å². The van der Waals surface area contributed by atoms with Gasteiger partial charge in [-0.3, -0.25) is 0 Å². The second kappa shape index (κ2) is 21.7. The summed E-state index contributed by atoms with van der Waals surface area (Å²) >= 11 is 0. The smallest absolute Gasteiger partial charge is 0.418 e. The van der Waals surface area contributed by atoms with Crippen molar-refractivity contribution in [3.8, 4) is 0 Å². The molecule has 0 saturated carbocycles. The number of hydrogen-bond donors (Lipinski definition) is 0. The van der Waals surface area contributed by atoms with E-state index >= 15 is 0 Å². The monoisotopic (exact) mass is 435 g/mol. The summed E-state index contributed by atoms with van der Waals surface area (Å²) in [6.45, 7) is 19.5. The van der Waals surface area contributed by atoms with E-state index in [1.807, 2.05) is 0 Å². The predicted octanol–water partition coefficient (Wildman–Crippen LogP) is 8.89. The molecule has 27 heavy (non-hydrogen) atoms. The van der Waals surface area contributed by atoms with Gasteiger partial charge in [-0.1, -0.05) is 62.3 Å². The van der Waals surface area contributed by atoms with Crippen molar-refractivity contribution in [2.45, 2.75) is 62.3 Å². The summed E-state index contributed by atoms with van der Waals surface area (Å²) in [6.07, 6.45) is 0. The van der Waals surface area contributed by atoms with Crippen LogP contribution in [0.3, 0.4) is 0 Å². The molecule has 0 spiro atoms. The second-order valence-electron chi connectivity index (χ2n) is 6.68. The minimum absolute atomic E-state index is 0.833. The van der Waals surface area contributed by atoms with Gasteiger partial charge in [-0.25, -0.2) is 0 Å². The van der Waals surface area contributed by atoms with Crippen molar-refractivity contribution in [2.75, 3.05) is 0 Å². The maximum atomic E-state index is 9.75. The molecule has 0 aliphatic rings. The Bertz CT molecular complexity index is 191. The largest absolute Gasteiger partial charge is 0.673 e. The lowest BCUT2D eigenvalue weighted by Crippen LogP contribution is -2.02. The summed E-state index contributed by atoms with van der Waals surface area (Å²) in [6, 6.07) is 0. The van der Waals surface area contributed by atoms with Crippen LogP contribution in [0.25, 0.3) is 0 Å². The Labute approximate surface area is 154 Å². The Morgan fingerprint density at radius 2 is 0.296 bits per heavy atom. The zero-order valence-corrected chi connectivity index (χ0v) is 17.0. The Morgan fingerprint density at radius 3 is 0.296 bits per heavy atom. The van der Waals surface area contributed by atoms with Crippen LogP contribution in [-0.4, -0.2) is 21.8 Å². The zero-order chi connectivity index (χ0) is 24.2. The van der Waals surface area contributed by atoms with E-state index in [0.717, 1.165) is 17.8 Å². The van der Waals surface area contributed by atoms with Gasteiger partial charge in [-0.2, -0.15) is 0 Å². The second-order valence-corrected chi connectivity index (χ2v) is 6.68. The maximum absolute atomic E-state index is 9.75. The first kappa shape index (κ1) is 40.9. The molecule has 0 atom stereocenters. The van der Waals surface area contributed by atoms with Crippen LogP contribution in [0, 0.1) is 17.8 Å². The van der Waals surface area contributed by atoms with Crippen LogP contribution in [0.15, 0.2) is 0 Å². The fourth-order valence-corrected chi connectivity index (χ4v) is 0. The molecule has 0 radical (unpaired) electrons. The first-order chi connectivity index (χ1) is 11.2. The third-order valence-electron chi connectivity index (χ3n) is 0. The molecular formula is C12H30B3F12-3. The summed E-state index contributed by atoms with van der Waals surface area (Å²) in [4.78, 5) is 0. The molecule has 0 N–H and O–H groups in total. The standard InChI is InChI=1S/3C4H10.3BF4/c3*1-4(2)3;3*2-1(3,4)5/h3*4H,1-3H3;;;/q;;;3*-1. The van der Waals surface area contributed by atoms with Gasteiger partial charge >= 0.3 is 21.8 Å². The van der Waals surface area contributed by atoms with Gasteiger partial charge in [-0.05, 0) is 17.8 Å². The molecule has 0 aromatic heterocycles. The van der Waals surface area contributed by atoms with E-state index in [2.05, 4.69) is 62.3 Å². The van der Waals surface area contributed by atoms with E-state index in [4.69, 9.17) is 0 Å². The van der Waals surface area contributed by atoms with Crippen molar-refractivity contribution in [1.29, 1.82) is 0 Å². The molecule has 174 valence electrons. The molecule has 0 heterocycles. The average Bonchev–Trinajstić information content (AvgIpc) is 2.01. The van der Waals surface area contributed by atoms with Crippen LogP contribution in [-0.2, 0) is 0 Å². The van der Waals surface area contributed by atoms with Crippen LogP contribution < -0.4 is 0 Å². The molecule has 0 aromatic rings. The number of halogens is 12. The third kappa shape index (κ3) is 33200. The van der Waals surface area contributed by atoms with Crippen LogP contribution in [0.2, 0.25) is 0 Å². The summed E-state index contributed by atoms with van der Waals surface area (Å²) in [7, 11) is -18.0. The highest BCUT2D eigenvalue weighted by Crippen LogP contribution is 2.07. The van der Waals surface area contributed by atoms with Gasteiger partial charge in [0.05, 0.1) is 0 Å². The van der Waals surface area contributed by atoms with E-state index < -0.39 is 21.8 Å². The van der Waals surface area contributed by atoms with Gasteiger partial charge in [-0.15, -0.1) is 0 Å². The first-order valence-electron chi connectivity index (χ1n) is 7.81. The first-order valence-corrected chi connectivity index (χ1v) is 7.81. The van der Waals surface area contributed by atoms with Gasteiger partial charge in [0.25, 0.3) is 0 Å². The highest BCUT2D eigenvalue weighted by molar-refractivity contribution is 6.50. The topological polar surface area (TPSA) is 0 Å². The Kier molecular flexibility index (Phi) is 32.8. The van der Waals surface area contributed by atoms with Crippen molar-refractivity contribution < 1.29 is 51.8 Å². The summed E-state index contributed by atoms with van der Waals surface area (Å²) in [5.41, 5.74) is 0. The van der Waals surface area contributed by atoms with Crippen molar-refractivity contribution in [2.24, 2.45) is 17.8 Å². The van der Waals surface area contributed by atoms with Crippen molar-refractivity contribution in [3.63, 3.8) is 0 Å². The fourth-order valence-electron chi connectivity index (χ4n) is 0. The average molecular weight is 435 g/mol. The molecule has 0 amide bonds. The Balaban J connectivity index is -0.0000000492. The Hall–Kier alpha value is -0.645. The molecule has 0 aromatic carbocycles. The maximum Gasteiger partial charge on any atom is 0.673 e. The van der Waals surface area contributed by atoms with Gasteiger partial charge in [0.15, 0.2) is 0 Å². The third-order valence-corrected chi connectivity index (χ3v) is 0. The summed E-state index contributed by atoms with van der Waals surface area (Å²) in [5.74, 6) is 2.50.